The van der Waals surface area contributed by atoms with Crippen LogP contribution in [0.2, 0.25) is 0 Å². The second-order valence-corrected chi connectivity index (χ2v) is 6.10. The molecule has 0 spiro atoms. The van der Waals surface area contributed by atoms with Gasteiger partial charge in [-0.3, -0.25) is 4.79 Å². The lowest BCUT2D eigenvalue weighted by atomic mass is 9.90. The van der Waals surface area contributed by atoms with Gasteiger partial charge in [-0.15, -0.1) is 0 Å². The molecule has 1 amide bonds. The molecule has 25 heavy (non-hydrogen) atoms. The van der Waals surface area contributed by atoms with Crippen molar-refractivity contribution in [2.45, 2.75) is 43.8 Å². The van der Waals surface area contributed by atoms with Crippen LogP contribution >= 0.6 is 0 Å². The molecule has 2 rings (SSSR count). The summed E-state index contributed by atoms with van der Waals surface area (Å²) in [6.07, 6.45) is -3.32. The summed E-state index contributed by atoms with van der Waals surface area (Å²) in [6.45, 7) is 0.521. The van der Waals surface area contributed by atoms with Gasteiger partial charge in [0, 0.05) is 32.5 Å². The van der Waals surface area contributed by atoms with Crippen LogP contribution in [0, 0.1) is 0 Å². The minimum Gasteiger partial charge on any atom is -0.480 e. The predicted molar refractivity (Wildman–Crippen MR) is 82.9 cm³/mol. The molecule has 2 N–H and O–H groups in total. The van der Waals surface area contributed by atoms with Crippen LogP contribution in [-0.4, -0.2) is 35.7 Å². The third-order valence-electron chi connectivity index (χ3n) is 4.26. The van der Waals surface area contributed by atoms with Crippen LogP contribution in [0.5, 0.6) is 0 Å². The molecular formula is C17H20F3NO4. The van der Waals surface area contributed by atoms with Gasteiger partial charge in [-0.25, -0.2) is 4.79 Å². The number of nitrogens with one attached hydrogen (secondary N) is 1. The number of halogens is 3. The summed E-state index contributed by atoms with van der Waals surface area (Å²) in [5.41, 5.74) is -1.55. The first-order valence-corrected chi connectivity index (χ1v) is 8.01. The van der Waals surface area contributed by atoms with Gasteiger partial charge in [-0.1, -0.05) is 18.2 Å². The minimum absolute atomic E-state index is 0.0478. The Balaban J connectivity index is 1.87. The first kappa shape index (κ1) is 19.2. The Labute approximate surface area is 143 Å². The Morgan fingerprint density at radius 2 is 1.92 bits per heavy atom. The van der Waals surface area contributed by atoms with Gasteiger partial charge in [0.05, 0.1) is 5.56 Å². The highest BCUT2D eigenvalue weighted by atomic mass is 19.4. The highest BCUT2D eigenvalue weighted by molar-refractivity contribution is 5.87. The number of ether oxygens (including phenoxy) is 1. The number of alkyl halides is 3. The van der Waals surface area contributed by atoms with E-state index in [9.17, 15) is 27.9 Å². The van der Waals surface area contributed by atoms with Crippen molar-refractivity contribution in [1.29, 1.82) is 0 Å². The maximum absolute atomic E-state index is 12.7. The molecular weight excluding hydrogens is 339 g/mol. The Morgan fingerprint density at radius 1 is 1.24 bits per heavy atom. The molecule has 1 aliphatic heterocycles. The van der Waals surface area contributed by atoms with E-state index >= 15 is 0 Å². The third kappa shape index (κ3) is 5.19. The normalized spacial score (nSPS) is 17.1. The van der Waals surface area contributed by atoms with Gasteiger partial charge >= 0.3 is 12.1 Å². The molecule has 0 bridgehead atoms. The Kier molecular flexibility index (Phi) is 6.05. The fourth-order valence-electron chi connectivity index (χ4n) is 2.80. The quantitative estimate of drug-likeness (QED) is 0.819. The first-order valence-electron chi connectivity index (χ1n) is 8.01. The number of hydrogen-bond donors (Lipinski definition) is 2. The zero-order valence-corrected chi connectivity index (χ0v) is 13.6. The van der Waals surface area contributed by atoms with E-state index in [1.807, 2.05) is 0 Å². The van der Waals surface area contributed by atoms with Crippen LogP contribution in [0.3, 0.4) is 0 Å². The molecule has 1 heterocycles. The number of carboxylic acids is 1. The average Bonchev–Trinajstić information content (AvgIpc) is 2.55. The van der Waals surface area contributed by atoms with Crippen molar-refractivity contribution < 1.29 is 32.6 Å². The predicted octanol–water partition coefficient (Wildman–Crippen LogP) is 2.78. The molecule has 0 unspecified atom stereocenters. The molecule has 138 valence electrons. The monoisotopic (exact) mass is 359 g/mol. The van der Waals surface area contributed by atoms with Crippen molar-refractivity contribution in [2.24, 2.45) is 0 Å². The van der Waals surface area contributed by atoms with E-state index in [1.54, 1.807) is 6.07 Å². The number of carboxylic acid groups (broad SMARTS) is 1. The standard InChI is InChI=1S/C17H20F3NO4/c18-17(19,20)13-5-1-3-12(11-13)4-2-6-14(22)21-16(15(23)24)7-9-25-10-8-16/h1,3,5,11H,2,4,6-10H2,(H,21,22)(H,23,24). The number of hydrogen-bond acceptors (Lipinski definition) is 3. The molecule has 8 heteroatoms. The lowest BCUT2D eigenvalue weighted by Crippen LogP contribution is -2.57. The maximum Gasteiger partial charge on any atom is 0.416 e. The molecule has 1 aliphatic rings. The molecule has 0 aromatic heterocycles. The molecule has 1 saturated heterocycles. The Morgan fingerprint density at radius 3 is 2.52 bits per heavy atom. The van der Waals surface area contributed by atoms with Gasteiger partial charge in [-0.05, 0) is 24.5 Å². The van der Waals surface area contributed by atoms with Gasteiger partial charge < -0.3 is 15.2 Å². The van der Waals surface area contributed by atoms with E-state index in [0.29, 0.717) is 18.4 Å². The molecule has 5 nitrogen and oxygen atoms in total. The molecule has 1 fully saturated rings. The Hall–Kier alpha value is -2.09. The molecule has 1 aromatic rings. The lowest BCUT2D eigenvalue weighted by Gasteiger charge is -2.33. The summed E-state index contributed by atoms with van der Waals surface area (Å²) in [4.78, 5) is 23.5. The van der Waals surface area contributed by atoms with E-state index in [4.69, 9.17) is 4.74 Å². The van der Waals surface area contributed by atoms with E-state index in [1.165, 1.54) is 6.07 Å². The fourth-order valence-corrected chi connectivity index (χ4v) is 2.80. The second kappa shape index (κ2) is 7.86. The zero-order chi connectivity index (χ0) is 18.5. The second-order valence-electron chi connectivity index (χ2n) is 6.10. The summed E-state index contributed by atoms with van der Waals surface area (Å²) in [5.74, 6) is -1.52. The molecule has 0 aliphatic carbocycles. The van der Waals surface area contributed by atoms with Crippen molar-refractivity contribution in [3.05, 3.63) is 35.4 Å². The zero-order valence-electron chi connectivity index (χ0n) is 13.6. The highest BCUT2D eigenvalue weighted by Crippen LogP contribution is 2.29. The summed E-state index contributed by atoms with van der Waals surface area (Å²) in [7, 11) is 0. The maximum atomic E-state index is 12.7. The number of aliphatic carboxylic acids is 1. The number of benzene rings is 1. The highest BCUT2D eigenvalue weighted by Gasteiger charge is 2.41. The van der Waals surface area contributed by atoms with Crippen LogP contribution in [0.15, 0.2) is 24.3 Å². The SMILES string of the molecule is O=C(CCCc1cccc(C(F)(F)F)c1)NC1(C(=O)O)CCOCC1. The van der Waals surface area contributed by atoms with Crippen molar-refractivity contribution in [3.63, 3.8) is 0 Å². The molecule has 0 atom stereocenters. The van der Waals surface area contributed by atoms with Crippen LogP contribution in [-0.2, 0) is 26.9 Å². The number of aryl methyl sites for hydroxylation is 1. The smallest absolute Gasteiger partial charge is 0.416 e. The molecule has 1 aromatic carbocycles. The Bertz CT molecular complexity index is 625. The average molecular weight is 359 g/mol. The number of amides is 1. The first-order chi connectivity index (χ1) is 11.7. The van der Waals surface area contributed by atoms with Crippen LogP contribution in [0.4, 0.5) is 13.2 Å². The van der Waals surface area contributed by atoms with Gasteiger partial charge in [0.2, 0.25) is 5.91 Å². The summed E-state index contributed by atoms with van der Waals surface area (Å²) in [6, 6.07) is 4.97. The lowest BCUT2D eigenvalue weighted by molar-refractivity contribution is -0.152. The van der Waals surface area contributed by atoms with E-state index < -0.39 is 29.2 Å². The summed E-state index contributed by atoms with van der Waals surface area (Å²) < 4.78 is 43.1. The van der Waals surface area contributed by atoms with Crippen LogP contribution in [0.1, 0.15) is 36.8 Å². The minimum atomic E-state index is -4.40. The van der Waals surface area contributed by atoms with Gasteiger partial charge in [0.25, 0.3) is 0 Å². The topological polar surface area (TPSA) is 75.6 Å². The number of carbonyl (C=O) groups excluding carboxylic acids is 1. The van der Waals surface area contributed by atoms with Crippen molar-refractivity contribution in [1.82, 2.24) is 5.32 Å². The molecule has 0 saturated carbocycles. The van der Waals surface area contributed by atoms with E-state index in [2.05, 4.69) is 5.32 Å². The summed E-state index contributed by atoms with van der Waals surface area (Å²) >= 11 is 0. The number of carbonyl (C=O) groups is 2. The van der Waals surface area contributed by atoms with Crippen molar-refractivity contribution >= 4 is 11.9 Å². The van der Waals surface area contributed by atoms with Crippen LogP contribution in [0.25, 0.3) is 0 Å². The largest absolute Gasteiger partial charge is 0.480 e. The van der Waals surface area contributed by atoms with Gasteiger partial charge in [-0.2, -0.15) is 13.2 Å². The van der Waals surface area contributed by atoms with Crippen molar-refractivity contribution in [2.75, 3.05) is 13.2 Å². The fraction of sp³-hybridized carbons (Fsp3) is 0.529. The van der Waals surface area contributed by atoms with Crippen molar-refractivity contribution in [3.8, 4) is 0 Å². The summed E-state index contributed by atoms with van der Waals surface area (Å²) in [5, 5.41) is 11.9. The van der Waals surface area contributed by atoms with E-state index in [-0.39, 0.29) is 32.5 Å². The number of rotatable bonds is 6. The van der Waals surface area contributed by atoms with Crippen LogP contribution < -0.4 is 5.32 Å². The van der Waals surface area contributed by atoms with Gasteiger partial charge in [0.15, 0.2) is 0 Å². The molecule has 0 radical (unpaired) electrons. The van der Waals surface area contributed by atoms with Gasteiger partial charge in [0.1, 0.15) is 5.54 Å². The third-order valence-corrected chi connectivity index (χ3v) is 4.26. The van der Waals surface area contributed by atoms with E-state index in [0.717, 1.165) is 12.1 Å².